The number of nitrogens with zero attached hydrogens (tertiary/aromatic N) is 2. The Morgan fingerprint density at radius 1 is 1.18 bits per heavy atom. The molecule has 5 nitrogen and oxygen atoms in total. The molecule has 0 fully saturated rings. The Bertz CT molecular complexity index is 734. The van der Waals surface area contributed by atoms with Crippen LogP contribution in [0.3, 0.4) is 0 Å². The van der Waals surface area contributed by atoms with Gasteiger partial charge in [0.1, 0.15) is 0 Å². The summed E-state index contributed by atoms with van der Waals surface area (Å²) in [7, 11) is 3.34. The molecule has 0 saturated carbocycles. The van der Waals surface area contributed by atoms with Crippen LogP contribution in [0.5, 0.6) is 0 Å². The molecule has 22 heavy (non-hydrogen) atoms. The third kappa shape index (κ3) is 3.66. The van der Waals surface area contributed by atoms with Crippen LogP contribution >= 0.6 is 27.7 Å². The molecule has 0 heterocycles. The van der Waals surface area contributed by atoms with Crippen molar-refractivity contribution in [3.8, 4) is 0 Å². The molecule has 0 unspecified atom stereocenters. The van der Waals surface area contributed by atoms with Gasteiger partial charge in [0.2, 0.25) is 0 Å². The quantitative estimate of drug-likeness (QED) is 0.588. The number of amides is 1. The zero-order valence-corrected chi connectivity index (χ0v) is 14.3. The van der Waals surface area contributed by atoms with Gasteiger partial charge in [0.15, 0.2) is 0 Å². The van der Waals surface area contributed by atoms with Crippen LogP contribution in [0.2, 0.25) is 0 Å². The lowest BCUT2D eigenvalue weighted by Gasteiger charge is -2.13. The Kier molecular flexibility index (Phi) is 5.20. The Morgan fingerprint density at radius 2 is 1.86 bits per heavy atom. The van der Waals surface area contributed by atoms with Gasteiger partial charge in [-0.1, -0.05) is 39.8 Å². The molecule has 2 aromatic rings. The summed E-state index contributed by atoms with van der Waals surface area (Å²) in [6.45, 7) is 0. The van der Waals surface area contributed by atoms with Gasteiger partial charge in [-0.2, -0.15) is 0 Å². The van der Waals surface area contributed by atoms with Crippen LogP contribution in [0, 0.1) is 10.1 Å². The summed E-state index contributed by atoms with van der Waals surface area (Å²) in [6.07, 6.45) is 0. The van der Waals surface area contributed by atoms with Crippen LogP contribution in [0.4, 0.5) is 5.69 Å². The molecular formula is C15H13BrN2O3S. The number of hydrogen-bond acceptors (Lipinski definition) is 4. The molecule has 0 aromatic heterocycles. The van der Waals surface area contributed by atoms with Crippen molar-refractivity contribution in [1.29, 1.82) is 0 Å². The van der Waals surface area contributed by atoms with Crippen molar-refractivity contribution in [3.05, 3.63) is 62.6 Å². The Labute approximate surface area is 140 Å². The van der Waals surface area contributed by atoms with E-state index in [0.717, 1.165) is 0 Å². The van der Waals surface area contributed by atoms with E-state index in [0.29, 0.717) is 19.8 Å². The molecule has 0 spiro atoms. The fourth-order valence-corrected chi connectivity index (χ4v) is 3.18. The third-order valence-electron chi connectivity index (χ3n) is 2.86. The molecular weight excluding hydrogens is 368 g/mol. The smallest absolute Gasteiger partial charge is 0.284 e. The second-order valence-corrected chi connectivity index (χ2v) is 6.67. The summed E-state index contributed by atoms with van der Waals surface area (Å²) in [5.41, 5.74) is 0.529. The standard InChI is InChI=1S/C15H13BrN2O3S/c1-17(2)15(19)11-5-3-4-6-13(11)22-14-8-7-10(16)9-12(14)18(20)21/h3-9H,1-2H3. The van der Waals surface area contributed by atoms with Gasteiger partial charge < -0.3 is 4.90 Å². The van der Waals surface area contributed by atoms with Gasteiger partial charge in [0, 0.05) is 29.5 Å². The zero-order chi connectivity index (χ0) is 16.3. The lowest BCUT2D eigenvalue weighted by molar-refractivity contribution is -0.387. The lowest BCUT2D eigenvalue weighted by atomic mass is 10.2. The molecule has 1 amide bonds. The largest absolute Gasteiger partial charge is 0.345 e. The highest BCUT2D eigenvalue weighted by Gasteiger charge is 2.19. The van der Waals surface area contributed by atoms with Gasteiger partial charge in [0.05, 0.1) is 15.4 Å². The number of carbonyl (C=O) groups is 1. The Hall–Kier alpha value is -1.86. The van der Waals surface area contributed by atoms with Crippen molar-refractivity contribution >= 4 is 39.3 Å². The number of rotatable bonds is 4. The van der Waals surface area contributed by atoms with Gasteiger partial charge in [-0.15, -0.1) is 0 Å². The molecule has 0 N–H and O–H groups in total. The third-order valence-corrected chi connectivity index (χ3v) is 4.50. The molecule has 0 radical (unpaired) electrons. The summed E-state index contributed by atoms with van der Waals surface area (Å²) >= 11 is 4.45. The van der Waals surface area contributed by atoms with E-state index < -0.39 is 4.92 Å². The molecule has 0 atom stereocenters. The van der Waals surface area contributed by atoms with Crippen molar-refractivity contribution < 1.29 is 9.72 Å². The van der Waals surface area contributed by atoms with Crippen molar-refractivity contribution in [1.82, 2.24) is 4.90 Å². The first kappa shape index (κ1) is 16.5. The molecule has 114 valence electrons. The minimum absolute atomic E-state index is 0.00600. The average Bonchev–Trinajstić information content (AvgIpc) is 2.48. The van der Waals surface area contributed by atoms with Crippen molar-refractivity contribution in [3.63, 3.8) is 0 Å². The normalized spacial score (nSPS) is 10.3. The first-order valence-corrected chi connectivity index (χ1v) is 7.93. The lowest BCUT2D eigenvalue weighted by Crippen LogP contribution is -2.22. The number of hydrogen-bond donors (Lipinski definition) is 0. The van der Waals surface area contributed by atoms with Crippen LogP contribution in [0.1, 0.15) is 10.4 Å². The zero-order valence-electron chi connectivity index (χ0n) is 11.9. The van der Waals surface area contributed by atoms with E-state index >= 15 is 0 Å². The maximum Gasteiger partial charge on any atom is 0.284 e. The SMILES string of the molecule is CN(C)C(=O)c1ccccc1Sc1ccc(Br)cc1[N+](=O)[O-]. The number of carbonyl (C=O) groups excluding carboxylic acids is 1. The summed E-state index contributed by atoms with van der Waals surface area (Å²) < 4.78 is 0.640. The second kappa shape index (κ2) is 6.93. The molecule has 0 aliphatic carbocycles. The van der Waals surface area contributed by atoms with E-state index in [2.05, 4.69) is 15.9 Å². The van der Waals surface area contributed by atoms with Gasteiger partial charge in [-0.25, -0.2) is 0 Å². The van der Waals surface area contributed by atoms with Crippen LogP contribution in [0.25, 0.3) is 0 Å². The first-order chi connectivity index (χ1) is 10.4. The van der Waals surface area contributed by atoms with Crippen LogP contribution in [0.15, 0.2) is 56.7 Å². The summed E-state index contributed by atoms with van der Waals surface area (Å²) in [5.74, 6) is -0.136. The van der Waals surface area contributed by atoms with Gasteiger partial charge in [-0.05, 0) is 24.3 Å². The van der Waals surface area contributed by atoms with Crippen LogP contribution in [-0.4, -0.2) is 29.8 Å². The average molecular weight is 381 g/mol. The monoisotopic (exact) mass is 380 g/mol. The number of benzene rings is 2. The maximum absolute atomic E-state index is 12.2. The van der Waals surface area contributed by atoms with Crippen LogP contribution < -0.4 is 0 Å². The van der Waals surface area contributed by atoms with E-state index in [1.165, 1.54) is 22.7 Å². The highest BCUT2D eigenvalue weighted by atomic mass is 79.9. The van der Waals surface area contributed by atoms with Gasteiger partial charge in [-0.3, -0.25) is 14.9 Å². The Balaban J connectivity index is 2.44. The van der Waals surface area contributed by atoms with Crippen molar-refractivity contribution in [2.75, 3.05) is 14.1 Å². The molecule has 7 heteroatoms. The van der Waals surface area contributed by atoms with Crippen molar-refractivity contribution in [2.45, 2.75) is 9.79 Å². The van der Waals surface area contributed by atoms with Gasteiger partial charge >= 0.3 is 0 Å². The molecule has 0 aliphatic rings. The van der Waals surface area contributed by atoms with Crippen LogP contribution in [-0.2, 0) is 0 Å². The van der Waals surface area contributed by atoms with E-state index in [1.54, 1.807) is 50.5 Å². The van der Waals surface area contributed by atoms with E-state index in [9.17, 15) is 14.9 Å². The molecule has 0 bridgehead atoms. The fraction of sp³-hybridized carbons (Fsp3) is 0.133. The highest BCUT2D eigenvalue weighted by Crippen LogP contribution is 2.38. The van der Waals surface area contributed by atoms with E-state index in [4.69, 9.17) is 0 Å². The predicted molar refractivity (Wildman–Crippen MR) is 89.4 cm³/mol. The first-order valence-electron chi connectivity index (χ1n) is 6.32. The topological polar surface area (TPSA) is 63.5 Å². The molecule has 0 saturated heterocycles. The van der Waals surface area contributed by atoms with Gasteiger partial charge in [0.25, 0.3) is 11.6 Å². The number of nitro benzene ring substituents is 1. The van der Waals surface area contributed by atoms with Crippen molar-refractivity contribution in [2.24, 2.45) is 0 Å². The van der Waals surface area contributed by atoms with E-state index in [-0.39, 0.29) is 11.6 Å². The highest BCUT2D eigenvalue weighted by molar-refractivity contribution is 9.10. The molecule has 2 rings (SSSR count). The minimum atomic E-state index is -0.427. The minimum Gasteiger partial charge on any atom is -0.345 e. The summed E-state index contributed by atoms with van der Waals surface area (Å²) in [6, 6.07) is 12.0. The number of nitro groups is 1. The number of halogens is 1. The maximum atomic E-state index is 12.2. The fourth-order valence-electron chi connectivity index (χ4n) is 1.81. The predicted octanol–water partition coefficient (Wildman–Crippen LogP) is 4.21. The second-order valence-electron chi connectivity index (χ2n) is 4.67. The molecule has 0 aliphatic heterocycles. The summed E-state index contributed by atoms with van der Waals surface area (Å²) in [4.78, 5) is 25.6. The Morgan fingerprint density at radius 3 is 2.50 bits per heavy atom. The molecule has 2 aromatic carbocycles. The summed E-state index contributed by atoms with van der Waals surface area (Å²) in [5, 5.41) is 11.2. The van der Waals surface area contributed by atoms with E-state index in [1.807, 2.05) is 0 Å².